The maximum Gasteiger partial charge on any atom is 0.262 e. The van der Waals surface area contributed by atoms with E-state index in [1.807, 2.05) is 12.3 Å². The van der Waals surface area contributed by atoms with E-state index in [4.69, 9.17) is 0 Å². The summed E-state index contributed by atoms with van der Waals surface area (Å²) in [5.74, 6) is 0.410. The molecule has 2 heterocycles. The van der Waals surface area contributed by atoms with Crippen molar-refractivity contribution in [3.8, 4) is 0 Å². The van der Waals surface area contributed by atoms with Crippen molar-refractivity contribution in [3.63, 3.8) is 0 Å². The zero-order valence-electron chi connectivity index (χ0n) is 9.84. The number of nitrogens with zero attached hydrogens (tertiary/aromatic N) is 3. The van der Waals surface area contributed by atoms with Crippen molar-refractivity contribution in [3.05, 3.63) is 11.6 Å². The van der Waals surface area contributed by atoms with E-state index in [2.05, 4.69) is 10.3 Å². The van der Waals surface area contributed by atoms with E-state index in [0.29, 0.717) is 17.3 Å². The predicted molar refractivity (Wildman–Crippen MR) is 68.1 cm³/mol. The average Bonchev–Trinajstić information content (AvgIpc) is 2.76. The van der Waals surface area contributed by atoms with Crippen LogP contribution in [0.1, 0.15) is 6.92 Å². The maximum absolute atomic E-state index is 12.2. The van der Waals surface area contributed by atoms with Gasteiger partial charge in [0.15, 0.2) is 15.8 Å². The van der Waals surface area contributed by atoms with Gasteiger partial charge in [0, 0.05) is 32.2 Å². The van der Waals surface area contributed by atoms with Crippen molar-refractivity contribution in [2.24, 2.45) is 0 Å². The summed E-state index contributed by atoms with van der Waals surface area (Å²) in [6, 6.07) is 0. The number of rotatable bonds is 4. The summed E-state index contributed by atoms with van der Waals surface area (Å²) in [5, 5.41) is 4.99. The van der Waals surface area contributed by atoms with Gasteiger partial charge in [-0.05, 0) is 6.92 Å². The molecule has 17 heavy (non-hydrogen) atoms. The first-order valence-electron chi connectivity index (χ1n) is 5.10. The van der Waals surface area contributed by atoms with E-state index in [1.165, 1.54) is 29.7 Å². The van der Waals surface area contributed by atoms with Gasteiger partial charge < -0.3 is 5.32 Å². The topological polar surface area (TPSA) is 66.7 Å². The van der Waals surface area contributed by atoms with Gasteiger partial charge in [-0.15, -0.1) is 11.3 Å². The van der Waals surface area contributed by atoms with E-state index >= 15 is 0 Å². The molecule has 2 aromatic heterocycles. The van der Waals surface area contributed by atoms with Gasteiger partial charge in [-0.2, -0.15) is 0 Å². The lowest BCUT2D eigenvalue weighted by Crippen LogP contribution is -2.24. The molecule has 0 bridgehead atoms. The fraction of sp³-hybridized carbons (Fsp3) is 0.444. The quantitative estimate of drug-likeness (QED) is 0.906. The molecule has 0 aliphatic carbocycles. The van der Waals surface area contributed by atoms with Crippen molar-refractivity contribution in [2.75, 3.05) is 26.0 Å². The molecule has 0 unspecified atom stereocenters. The Hall–Kier alpha value is -1.12. The number of hydrogen-bond acceptors (Lipinski definition) is 5. The molecule has 0 amide bonds. The highest BCUT2D eigenvalue weighted by Gasteiger charge is 2.27. The summed E-state index contributed by atoms with van der Waals surface area (Å²) < 4.78 is 27.2. The molecule has 0 aromatic carbocycles. The van der Waals surface area contributed by atoms with Crippen LogP contribution in [0.25, 0.3) is 4.96 Å². The van der Waals surface area contributed by atoms with Crippen LogP contribution in [0, 0.1) is 0 Å². The third-order valence-electron chi connectivity index (χ3n) is 2.29. The van der Waals surface area contributed by atoms with Gasteiger partial charge in [0.25, 0.3) is 10.0 Å². The zero-order valence-corrected chi connectivity index (χ0v) is 11.5. The highest BCUT2D eigenvalue weighted by Crippen LogP contribution is 2.27. The molecular weight excluding hydrogens is 260 g/mol. The second-order valence-corrected chi connectivity index (χ2v) is 6.58. The lowest BCUT2D eigenvalue weighted by Gasteiger charge is -2.12. The summed E-state index contributed by atoms with van der Waals surface area (Å²) >= 11 is 1.40. The van der Waals surface area contributed by atoms with Crippen LogP contribution in [0.3, 0.4) is 0 Å². The molecule has 0 radical (unpaired) electrons. The van der Waals surface area contributed by atoms with Crippen LogP contribution in [0.5, 0.6) is 0 Å². The van der Waals surface area contributed by atoms with Gasteiger partial charge in [0.2, 0.25) is 0 Å². The molecule has 0 spiro atoms. The first-order chi connectivity index (χ1) is 7.98. The minimum absolute atomic E-state index is 0.195. The van der Waals surface area contributed by atoms with Crippen molar-refractivity contribution in [1.82, 2.24) is 13.7 Å². The Bertz CT molecular complexity index is 627. The van der Waals surface area contributed by atoms with Crippen molar-refractivity contribution in [2.45, 2.75) is 11.9 Å². The predicted octanol–water partition coefficient (Wildman–Crippen LogP) is 1.08. The Morgan fingerprint density at radius 2 is 2.24 bits per heavy atom. The Morgan fingerprint density at radius 1 is 1.53 bits per heavy atom. The molecule has 0 aliphatic heterocycles. The fourth-order valence-electron chi connectivity index (χ4n) is 1.47. The zero-order chi connectivity index (χ0) is 12.6. The Morgan fingerprint density at radius 3 is 2.82 bits per heavy atom. The molecule has 0 saturated heterocycles. The lowest BCUT2D eigenvalue weighted by molar-refractivity contribution is 0.516. The smallest absolute Gasteiger partial charge is 0.262 e. The normalized spacial score (nSPS) is 12.5. The Labute approximate surface area is 104 Å². The molecule has 0 fully saturated rings. The molecule has 6 nitrogen and oxygen atoms in total. The molecule has 94 valence electrons. The van der Waals surface area contributed by atoms with Gasteiger partial charge in [0.05, 0.1) is 0 Å². The lowest BCUT2D eigenvalue weighted by atomic mass is 10.6. The van der Waals surface area contributed by atoms with E-state index < -0.39 is 10.0 Å². The highest BCUT2D eigenvalue weighted by molar-refractivity contribution is 7.89. The van der Waals surface area contributed by atoms with Crippen LogP contribution in [-0.2, 0) is 10.0 Å². The van der Waals surface area contributed by atoms with Gasteiger partial charge in [-0.1, -0.05) is 0 Å². The summed E-state index contributed by atoms with van der Waals surface area (Å²) in [7, 11) is -0.483. The van der Waals surface area contributed by atoms with Crippen LogP contribution in [0.15, 0.2) is 16.6 Å². The Balaban J connectivity index is 2.72. The number of sulfonamides is 1. The van der Waals surface area contributed by atoms with Crippen LogP contribution in [0.4, 0.5) is 5.82 Å². The van der Waals surface area contributed by atoms with E-state index in [-0.39, 0.29) is 5.03 Å². The largest absolute Gasteiger partial charge is 0.368 e. The van der Waals surface area contributed by atoms with Crippen molar-refractivity contribution < 1.29 is 8.42 Å². The minimum atomic E-state index is -3.50. The number of fused-ring (bicyclic) bond motifs is 1. The summed E-state index contributed by atoms with van der Waals surface area (Å²) in [6.45, 7) is 2.53. The van der Waals surface area contributed by atoms with Gasteiger partial charge >= 0.3 is 0 Å². The number of thiazole rings is 1. The molecule has 0 aliphatic rings. The van der Waals surface area contributed by atoms with Crippen LogP contribution in [-0.4, -0.2) is 42.7 Å². The first kappa shape index (κ1) is 12.3. The monoisotopic (exact) mass is 274 g/mol. The van der Waals surface area contributed by atoms with E-state index in [0.717, 1.165) is 0 Å². The molecule has 0 saturated carbocycles. The molecular formula is C9H14N4O2S2. The average molecular weight is 274 g/mol. The molecule has 0 atom stereocenters. The third-order valence-corrected chi connectivity index (χ3v) is 4.88. The van der Waals surface area contributed by atoms with Crippen molar-refractivity contribution in [1.29, 1.82) is 0 Å². The Kier molecular flexibility index (Phi) is 3.11. The van der Waals surface area contributed by atoms with Gasteiger partial charge in [-0.25, -0.2) is 17.7 Å². The second kappa shape index (κ2) is 4.28. The molecule has 2 rings (SSSR count). The second-order valence-electron chi connectivity index (χ2n) is 3.64. The first-order valence-corrected chi connectivity index (χ1v) is 7.42. The van der Waals surface area contributed by atoms with Crippen LogP contribution < -0.4 is 5.32 Å². The maximum atomic E-state index is 12.2. The SMILES string of the molecule is CCNc1nc2sccn2c1S(=O)(=O)N(C)C. The summed E-state index contributed by atoms with van der Waals surface area (Å²) in [6.07, 6.45) is 1.71. The molecule has 1 N–H and O–H groups in total. The number of aromatic nitrogens is 2. The van der Waals surface area contributed by atoms with Crippen LogP contribution >= 0.6 is 11.3 Å². The third kappa shape index (κ3) is 1.92. The number of hydrogen-bond donors (Lipinski definition) is 1. The fourth-order valence-corrected chi connectivity index (χ4v) is 3.34. The molecule has 8 heteroatoms. The number of nitrogens with one attached hydrogen (secondary N) is 1. The van der Waals surface area contributed by atoms with Crippen molar-refractivity contribution >= 4 is 32.1 Å². The number of imidazole rings is 1. The highest BCUT2D eigenvalue weighted by atomic mass is 32.2. The van der Waals surface area contributed by atoms with Crippen LogP contribution in [0.2, 0.25) is 0 Å². The number of anilines is 1. The minimum Gasteiger partial charge on any atom is -0.368 e. The molecule has 2 aromatic rings. The van der Waals surface area contributed by atoms with E-state index in [9.17, 15) is 8.42 Å². The van der Waals surface area contributed by atoms with Gasteiger partial charge in [-0.3, -0.25) is 4.40 Å². The van der Waals surface area contributed by atoms with Gasteiger partial charge in [0.1, 0.15) is 0 Å². The van der Waals surface area contributed by atoms with E-state index in [1.54, 1.807) is 10.6 Å². The summed E-state index contributed by atoms with van der Waals surface area (Å²) in [4.78, 5) is 4.94. The standard InChI is InChI=1S/C9H14N4O2S2/c1-4-10-7-8(17(14,15)12(2)3)13-5-6-16-9(13)11-7/h5-6,10H,4H2,1-3H3. The summed E-state index contributed by atoms with van der Waals surface area (Å²) in [5.41, 5.74) is 0.